The molecule has 0 saturated carbocycles. The number of esters is 1. The van der Waals surface area contributed by atoms with Gasteiger partial charge in [0, 0.05) is 30.2 Å². The molecule has 2 aromatic carbocycles. The first-order chi connectivity index (χ1) is 19.5. The molecule has 3 heterocycles. The fourth-order valence-electron chi connectivity index (χ4n) is 5.18. The van der Waals surface area contributed by atoms with Crippen LogP contribution >= 0.6 is 0 Å². The van der Waals surface area contributed by atoms with Crippen LogP contribution in [0.2, 0.25) is 18.1 Å². The fourth-order valence-corrected chi connectivity index (χ4v) is 6.44. The van der Waals surface area contributed by atoms with E-state index in [0.717, 1.165) is 5.56 Å². The summed E-state index contributed by atoms with van der Waals surface area (Å²) in [6, 6.07) is 9.38. The molecule has 3 aliphatic rings. The smallest absolute Gasteiger partial charge is 0.312 e. The van der Waals surface area contributed by atoms with Gasteiger partial charge >= 0.3 is 5.97 Å². The third-order valence-corrected chi connectivity index (χ3v) is 13.0. The predicted molar refractivity (Wildman–Crippen MR) is 154 cm³/mol. The molecule has 9 nitrogen and oxygen atoms in total. The van der Waals surface area contributed by atoms with Crippen molar-refractivity contribution in [3.05, 3.63) is 54.1 Å². The summed E-state index contributed by atoms with van der Waals surface area (Å²) in [5.41, 5.74) is 1.57. The van der Waals surface area contributed by atoms with E-state index in [1.807, 2.05) is 24.3 Å². The van der Waals surface area contributed by atoms with Crippen molar-refractivity contribution < 1.29 is 42.4 Å². The van der Waals surface area contributed by atoms with Gasteiger partial charge in [0.2, 0.25) is 6.79 Å². The van der Waals surface area contributed by atoms with Crippen molar-refractivity contribution in [2.75, 3.05) is 34.2 Å². The normalized spacial score (nSPS) is 24.1. The molecule has 3 aliphatic heterocycles. The van der Waals surface area contributed by atoms with Crippen molar-refractivity contribution in [2.45, 2.75) is 57.2 Å². The Hall–Kier alpha value is -3.21. The van der Waals surface area contributed by atoms with Gasteiger partial charge in [0.1, 0.15) is 5.75 Å². The predicted octanol–water partition coefficient (Wildman–Crippen LogP) is 5.99. The van der Waals surface area contributed by atoms with Gasteiger partial charge in [-0.15, -0.1) is 6.58 Å². The SMILES string of the molecule is C=C[C@H]1COC(=O)[C@@H]1[C@H](O[Si](C)(C)C(C)(C)C)c1cc2c(cc1OC)O[C@H](c1ccc3c(c1)OCO3)[C@@H](COC)O2. The first-order valence-corrected chi connectivity index (χ1v) is 16.8. The molecular formula is C31H40O9Si. The average Bonchev–Trinajstić information content (AvgIpc) is 3.55. The summed E-state index contributed by atoms with van der Waals surface area (Å²) in [4.78, 5) is 13.1. The Balaban J connectivity index is 1.57. The van der Waals surface area contributed by atoms with Gasteiger partial charge in [0.05, 0.1) is 32.3 Å². The first-order valence-electron chi connectivity index (χ1n) is 13.9. The van der Waals surface area contributed by atoms with Crippen molar-refractivity contribution in [3.8, 4) is 28.7 Å². The van der Waals surface area contributed by atoms with Gasteiger partial charge in [-0.05, 0) is 36.3 Å². The van der Waals surface area contributed by atoms with Gasteiger partial charge in [0.25, 0.3) is 0 Å². The minimum Gasteiger partial charge on any atom is -0.496 e. The Kier molecular flexibility index (Phi) is 8.02. The zero-order valence-corrected chi connectivity index (χ0v) is 25.9. The fraction of sp³-hybridized carbons (Fsp3) is 0.516. The van der Waals surface area contributed by atoms with Crippen molar-refractivity contribution >= 4 is 14.3 Å². The van der Waals surface area contributed by atoms with Gasteiger partial charge in [-0.3, -0.25) is 4.79 Å². The zero-order chi connectivity index (χ0) is 29.5. The summed E-state index contributed by atoms with van der Waals surface area (Å²) in [6.07, 6.45) is 0.213. The number of cyclic esters (lactones) is 1. The standard InChI is InChI=1S/C31H40O9Si/c1-9-18-15-35-30(32)27(18)29(40-41(7,8)31(2,3)4)20-13-24-25(14-22(20)34-6)39-28(26(38-24)16-33-5)19-10-11-21-23(12-19)37-17-36-21/h9-14,18,26-29H,1,15-17H2,2-8H3/t18-,26+,27-,28+,29+/m0/s1. The monoisotopic (exact) mass is 584 g/mol. The van der Waals surface area contributed by atoms with Crippen molar-refractivity contribution in [1.29, 1.82) is 0 Å². The lowest BCUT2D eigenvalue weighted by atomic mass is 9.86. The summed E-state index contributed by atoms with van der Waals surface area (Å²) in [5, 5.41) is -0.0973. The van der Waals surface area contributed by atoms with Gasteiger partial charge in [-0.1, -0.05) is 32.9 Å². The van der Waals surface area contributed by atoms with Crippen molar-refractivity contribution in [2.24, 2.45) is 11.8 Å². The van der Waals surface area contributed by atoms with E-state index in [0.29, 0.717) is 34.3 Å². The van der Waals surface area contributed by atoms with E-state index in [4.69, 9.17) is 37.6 Å². The van der Waals surface area contributed by atoms with E-state index in [9.17, 15) is 4.79 Å². The van der Waals surface area contributed by atoms with Crippen LogP contribution in [0.25, 0.3) is 0 Å². The highest BCUT2D eigenvalue weighted by atomic mass is 28.4. The van der Waals surface area contributed by atoms with Crippen LogP contribution in [0, 0.1) is 11.8 Å². The van der Waals surface area contributed by atoms with E-state index in [1.165, 1.54) is 0 Å². The van der Waals surface area contributed by atoms with E-state index in [2.05, 4.69) is 40.4 Å². The van der Waals surface area contributed by atoms with Crippen molar-refractivity contribution in [3.63, 3.8) is 0 Å². The maximum Gasteiger partial charge on any atom is 0.312 e. The van der Waals surface area contributed by atoms with Crippen LogP contribution < -0.4 is 23.7 Å². The molecule has 0 aromatic heterocycles. The summed E-state index contributed by atoms with van der Waals surface area (Å²) in [7, 11) is 0.858. The summed E-state index contributed by atoms with van der Waals surface area (Å²) in [5.74, 6) is 1.83. The number of rotatable bonds is 9. The maximum atomic E-state index is 13.1. The second-order valence-corrected chi connectivity index (χ2v) is 16.9. The number of hydrogen-bond acceptors (Lipinski definition) is 9. The Bertz CT molecular complexity index is 1300. The van der Waals surface area contributed by atoms with E-state index in [1.54, 1.807) is 26.4 Å². The topological polar surface area (TPSA) is 90.9 Å². The molecule has 5 rings (SSSR count). The number of methoxy groups -OCH3 is 2. The number of ether oxygens (including phenoxy) is 7. The summed E-state index contributed by atoms with van der Waals surface area (Å²) in [6.45, 7) is 15.5. The number of benzene rings is 2. The minimum absolute atomic E-state index is 0.0973. The number of carbonyl (C=O) groups is 1. The molecule has 5 atom stereocenters. The lowest BCUT2D eigenvalue weighted by molar-refractivity contribution is -0.144. The molecule has 0 spiro atoms. The lowest BCUT2D eigenvalue weighted by Gasteiger charge is -2.41. The minimum atomic E-state index is -2.36. The second kappa shape index (κ2) is 11.2. The molecule has 0 bridgehead atoms. The Morgan fingerprint density at radius 2 is 1.76 bits per heavy atom. The maximum absolute atomic E-state index is 13.1. The molecule has 222 valence electrons. The van der Waals surface area contributed by atoms with Gasteiger partial charge in [0.15, 0.2) is 43.5 Å². The Morgan fingerprint density at radius 3 is 2.44 bits per heavy atom. The molecule has 10 heteroatoms. The van der Waals surface area contributed by atoms with Crippen LogP contribution in [0.5, 0.6) is 28.7 Å². The molecule has 0 radical (unpaired) electrons. The van der Waals surface area contributed by atoms with Crippen LogP contribution in [0.3, 0.4) is 0 Å². The molecule has 0 N–H and O–H groups in total. The molecule has 1 saturated heterocycles. The Labute approximate surface area is 242 Å². The van der Waals surface area contributed by atoms with E-state index in [-0.39, 0.29) is 36.9 Å². The van der Waals surface area contributed by atoms with Crippen LogP contribution in [0.15, 0.2) is 43.0 Å². The Morgan fingerprint density at radius 1 is 1.02 bits per heavy atom. The average molecular weight is 585 g/mol. The number of carbonyl (C=O) groups excluding carboxylic acids is 1. The number of hydrogen-bond donors (Lipinski definition) is 0. The molecule has 41 heavy (non-hydrogen) atoms. The third-order valence-electron chi connectivity index (χ3n) is 8.54. The molecular weight excluding hydrogens is 544 g/mol. The van der Waals surface area contributed by atoms with Crippen molar-refractivity contribution in [1.82, 2.24) is 0 Å². The molecule has 0 aliphatic carbocycles. The van der Waals surface area contributed by atoms with Crippen LogP contribution in [0.4, 0.5) is 0 Å². The van der Waals surface area contributed by atoms with Crippen LogP contribution in [0.1, 0.15) is 44.1 Å². The van der Waals surface area contributed by atoms with Gasteiger partial charge in [-0.2, -0.15) is 0 Å². The third kappa shape index (κ3) is 5.52. The van der Waals surface area contributed by atoms with Gasteiger partial charge in [-0.25, -0.2) is 0 Å². The largest absolute Gasteiger partial charge is 0.496 e. The molecule has 1 fully saturated rings. The molecule has 0 amide bonds. The summed E-state index contributed by atoms with van der Waals surface area (Å²) >= 11 is 0. The zero-order valence-electron chi connectivity index (χ0n) is 24.9. The van der Waals surface area contributed by atoms with Gasteiger partial charge < -0.3 is 37.6 Å². The highest BCUT2D eigenvalue weighted by molar-refractivity contribution is 6.74. The highest BCUT2D eigenvalue weighted by Gasteiger charge is 2.49. The molecule has 2 aromatic rings. The molecule has 0 unspecified atom stereocenters. The highest BCUT2D eigenvalue weighted by Crippen LogP contribution is 2.51. The van der Waals surface area contributed by atoms with Crippen LogP contribution in [-0.4, -0.2) is 54.6 Å². The quantitative estimate of drug-likeness (QED) is 0.200. The first kappa shape index (κ1) is 29.3. The van der Waals surface area contributed by atoms with E-state index < -0.39 is 32.5 Å². The lowest BCUT2D eigenvalue weighted by Crippen LogP contribution is -2.44. The van der Waals surface area contributed by atoms with E-state index >= 15 is 0 Å². The number of fused-ring (bicyclic) bond motifs is 2. The summed E-state index contributed by atoms with van der Waals surface area (Å²) < 4.78 is 48.0. The van der Waals surface area contributed by atoms with Crippen LogP contribution in [-0.2, 0) is 18.7 Å². The second-order valence-electron chi connectivity index (χ2n) is 12.2.